The van der Waals surface area contributed by atoms with Crippen molar-refractivity contribution in [1.29, 1.82) is 0 Å². The lowest BCUT2D eigenvalue weighted by Crippen LogP contribution is -2.39. The number of carbonyl (C=O) groups is 1. The fourth-order valence-corrected chi connectivity index (χ4v) is 2.83. The lowest BCUT2D eigenvalue weighted by molar-refractivity contribution is -0.129. The Balaban J connectivity index is 2.08. The van der Waals surface area contributed by atoms with Crippen LogP contribution >= 0.6 is 0 Å². The summed E-state index contributed by atoms with van der Waals surface area (Å²) in [4.78, 5) is 14.0. The minimum atomic E-state index is -0.378. The average Bonchev–Trinajstić information content (AvgIpc) is 2.83. The quantitative estimate of drug-likeness (QED) is 0.872. The van der Waals surface area contributed by atoms with E-state index < -0.39 is 0 Å². The van der Waals surface area contributed by atoms with Crippen LogP contribution in [0.25, 0.3) is 0 Å². The van der Waals surface area contributed by atoms with Gasteiger partial charge in [0.1, 0.15) is 5.82 Å². The molecule has 0 aromatic heterocycles. The molecule has 0 bridgehead atoms. The molecule has 0 radical (unpaired) electrons. The van der Waals surface area contributed by atoms with Crippen LogP contribution in [0.3, 0.4) is 0 Å². The molecule has 1 fully saturated rings. The molecule has 3 N–H and O–H groups in total. The first-order valence-electron chi connectivity index (χ1n) is 6.91. The molecule has 0 aliphatic carbocycles. The number of nitrogens with two attached hydrogens (primary N) is 1. The zero-order valence-electron chi connectivity index (χ0n) is 12.1. The molecule has 1 aliphatic heterocycles. The van der Waals surface area contributed by atoms with Gasteiger partial charge in [-0.3, -0.25) is 9.69 Å². The van der Waals surface area contributed by atoms with Crippen LogP contribution in [0.2, 0.25) is 0 Å². The normalized spacial score (nSPS) is 23.0. The van der Waals surface area contributed by atoms with Crippen molar-refractivity contribution in [2.75, 3.05) is 20.1 Å². The number of carbonyl (C=O) groups excluding carboxylic acids is 1. The van der Waals surface area contributed by atoms with Crippen molar-refractivity contribution in [2.45, 2.75) is 26.4 Å². The van der Waals surface area contributed by atoms with E-state index in [1.807, 2.05) is 13.0 Å². The minimum absolute atomic E-state index is 0.0520. The number of halogens is 1. The highest BCUT2D eigenvalue weighted by Crippen LogP contribution is 2.31. The summed E-state index contributed by atoms with van der Waals surface area (Å²) in [6.45, 7) is 4.13. The van der Waals surface area contributed by atoms with Crippen LogP contribution in [0.5, 0.6) is 0 Å². The van der Waals surface area contributed by atoms with Gasteiger partial charge < -0.3 is 11.1 Å². The van der Waals surface area contributed by atoms with Crippen LogP contribution in [0.4, 0.5) is 4.39 Å². The molecular weight excluding hydrogens is 257 g/mol. The van der Waals surface area contributed by atoms with Crippen LogP contribution < -0.4 is 11.1 Å². The number of nitrogens with one attached hydrogen (secondary N) is 1. The minimum Gasteiger partial charge on any atom is -0.359 e. The fourth-order valence-electron chi connectivity index (χ4n) is 2.83. The second kappa shape index (κ2) is 5.89. The van der Waals surface area contributed by atoms with Gasteiger partial charge in [-0.2, -0.15) is 0 Å². The maximum atomic E-state index is 14.2. The Bertz CT molecular complexity index is 506. The van der Waals surface area contributed by atoms with Gasteiger partial charge in [0, 0.05) is 37.8 Å². The number of rotatable bonds is 4. The summed E-state index contributed by atoms with van der Waals surface area (Å²) in [5.41, 5.74) is 6.33. The number of nitrogens with zero attached hydrogens (tertiary/aromatic N) is 1. The highest BCUT2D eigenvalue weighted by atomic mass is 19.1. The second-order valence-corrected chi connectivity index (χ2v) is 5.69. The highest BCUT2D eigenvalue weighted by Gasteiger charge is 2.39. The number of benzene rings is 1. The molecule has 20 heavy (non-hydrogen) atoms. The van der Waals surface area contributed by atoms with Gasteiger partial charge in [-0.25, -0.2) is 4.39 Å². The second-order valence-electron chi connectivity index (χ2n) is 5.69. The maximum Gasteiger partial charge on any atom is 0.227 e. The molecule has 5 heteroatoms. The number of likely N-dealkylation sites (tertiary alicyclic amines) is 1. The van der Waals surface area contributed by atoms with E-state index in [1.165, 1.54) is 0 Å². The monoisotopic (exact) mass is 279 g/mol. The number of hydrogen-bond donors (Lipinski definition) is 2. The largest absolute Gasteiger partial charge is 0.359 e. The van der Waals surface area contributed by atoms with Crippen LogP contribution in [0.15, 0.2) is 18.2 Å². The third-order valence-corrected chi connectivity index (χ3v) is 4.10. The predicted octanol–water partition coefficient (Wildman–Crippen LogP) is 1.24. The summed E-state index contributed by atoms with van der Waals surface area (Å²) in [7, 11) is 1.65. The summed E-state index contributed by atoms with van der Waals surface area (Å²) < 4.78 is 14.2. The number of hydrogen-bond acceptors (Lipinski definition) is 3. The van der Waals surface area contributed by atoms with Crippen LogP contribution in [-0.4, -0.2) is 30.9 Å². The lowest BCUT2D eigenvalue weighted by Gasteiger charge is -2.23. The maximum absolute atomic E-state index is 14.2. The van der Waals surface area contributed by atoms with Crippen molar-refractivity contribution in [3.63, 3.8) is 0 Å². The summed E-state index contributed by atoms with van der Waals surface area (Å²) in [6, 6.07) is 5.32. The molecule has 0 spiro atoms. The van der Waals surface area contributed by atoms with Crippen LogP contribution in [0.1, 0.15) is 24.5 Å². The molecule has 0 saturated carbocycles. The first-order chi connectivity index (χ1) is 9.50. The van der Waals surface area contributed by atoms with Gasteiger partial charge in [-0.15, -0.1) is 0 Å². The molecular formula is C15H22FN3O. The smallest absolute Gasteiger partial charge is 0.227 e. The van der Waals surface area contributed by atoms with Crippen molar-refractivity contribution < 1.29 is 9.18 Å². The molecule has 1 amide bonds. The van der Waals surface area contributed by atoms with Crippen molar-refractivity contribution >= 4 is 5.91 Å². The van der Waals surface area contributed by atoms with E-state index in [-0.39, 0.29) is 23.7 Å². The van der Waals surface area contributed by atoms with Gasteiger partial charge in [0.15, 0.2) is 0 Å². The van der Waals surface area contributed by atoms with Crippen molar-refractivity contribution in [3.05, 3.63) is 35.1 Å². The molecule has 1 unspecified atom stereocenters. The molecule has 1 saturated heterocycles. The van der Waals surface area contributed by atoms with Gasteiger partial charge in [0.2, 0.25) is 5.91 Å². The Morgan fingerprint density at radius 1 is 1.50 bits per heavy atom. The Labute approximate surface area is 119 Å². The standard InChI is InChI=1S/C15H22FN3O/c1-15(14(20)18-2)6-7-19(10-15)9-12-5-3-4-11(8-17)13(12)16/h3-5H,6-10,17H2,1-2H3,(H,18,20). The third-order valence-electron chi connectivity index (χ3n) is 4.10. The first kappa shape index (κ1) is 14.9. The van der Waals surface area contributed by atoms with Crippen molar-refractivity contribution in [3.8, 4) is 0 Å². The molecule has 1 heterocycles. The van der Waals surface area contributed by atoms with E-state index in [9.17, 15) is 9.18 Å². The zero-order chi connectivity index (χ0) is 14.8. The van der Waals surface area contributed by atoms with Gasteiger partial charge in [0.25, 0.3) is 0 Å². The molecule has 4 nitrogen and oxygen atoms in total. The zero-order valence-corrected chi connectivity index (χ0v) is 12.1. The Morgan fingerprint density at radius 3 is 2.85 bits per heavy atom. The molecule has 1 aromatic rings. The Kier molecular flexibility index (Phi) is 4.40. The van der Waals surface area contributed by atoms with Crippen molar-refractivity contribution in [1.82, 2.24) is 10.2 Å². The Morgan fingerprint density at radius 2 is 2.20 bits per heavy atom. The molecule has 2 rings (SSSR count). The first-order valence-corrected chi connectivity index (χ1v) is 6.91. The SMILES string of the molecule is CNC(=O)C1(C)CCN(Cc2cccc(CN)c2F)C1. The molecule has 1 aromatic carbocycles. The summed E-state index contributed by atoms with van der Waals surface area (Å²) in [5, 5.41) is 2.71. The fraction of sp³-hybridized carbons (Fsp3) is 0.533. The highest BCUT2D eigenvalue weighted by molar-refractivity contribution is 5.82. The molecule has 1 atom stereocenters. The molecule has 110 valence electrons. The van der Waals surface area contributed by atoms with Crippen molar-refractivity contribution in [2.24, 2.45) is 11.1 Å². The van der Waals surface area contributed by atoms with Gasteiger partial charge in [-0.05, 0) is 19.9 Å². The van der Waals surface area contributed by atoms with Gasteiger partial charge >= 0.3 is 0 Å². The van der Waals surface area contributed by atoms with Gasteiger partial charge in [0.05, 0.1) is 5.41 Å². The van der Waals surface area contributed by atoms with E-state index in [0.29, 0.717) is 24.2 Å². The van der Waals surface area contributed by atoms with E-state index in [0.717, 1.165) is 13.0 Å². The summed E-state index contributed by atoms with van der Waals surface area (Å²) in [6.07, 6.45) is 0.796. The Hall–Kier alpha value is -1.46. The van der Waals surface area contributed by atoms with Crippen LogP contribution in [-0.2, 0) is 17.9 Å². The number of amides is 1. The lowest BCUT2D eigenvalue weighted by atomic mass is 9.89. The summed E-state index contributed by atoms with van der Waals surface area (Å²) >= 11 is 0. The molecule has 1 aliphatic rings. The van der Waals surface area contributed by atoms with Crippen LogP contribution in [0, 0.1) is 11.2 Å². The van der Waals surface area contributed by atoms with E-state index in [4.69, 9.17) is 5.73 Å². The summed E-state index contributed by atoms with van der Waals surface area (Å²) in [5.74, 6) is -0.167. The topological polar surface area (TPSA) is 58.4 Å². The van der Waals surface area contributed by atoms with Gasteiger partial charge in [-0.1, -0.05) is 18.2 Å². The average molecular weight is 279 g/mol. The third kappa shape index (κ3) is 2.83. The van der Waals surface area contributed by atoms with E-state index in [1.54, 1.807) is 19.2 Å². The van der Waals surface area contributed by atoms with E-state index in [2.05, 4.69) is 10.2 Å². The predicted molar refractivity (Wildman–Crippen MR) is 76.4 cm³/mol. The van der Waals surface area contributed by atoms with E-state index >= 15 is 0 Å².